The highest BCUT2D eigenvalue weighted by molar-refractivity contribution is 5.77. The van der Waals surface area contributed by atoms with Gasteiger partial charge in [0.25, 0.3) is 0 Å². The molecule has 3 rings (SSSR count). The van der Waals surface area contributed by atoms with Crippen LogP contribution in [0.4, 0.5) is 5.69 Å². The molecule has 4 heteroatoms. The number of hydrogen-bond acceptors (Lipinski definition) is 4. The van der Waals surface area contributed by atoms with E-state index < -0.39 is 0 Å². The van der Waals surface area contributed by atoms with Crippen LogP contribution >= 0.6 is 0 Å². The molecule has 4 nitrogen and oxygen atoms in total. The third-order valence-corrected chi connectivity index (χ3v) is 3.91. The molecule has 1 aromatic carbocycles. The summed E-state index contributed by atoms with van der Waals surface area (Å²) < 4.78 is 11.6. The maximum absolute atomic E-state index is 6.12. The number of ether oxygens (including phenoxy) is 1. The molecule has 0 spiro atoms. The Morgan fingerprint density at radius 3 is 2.65 bits per heavy atom. The van der Waals surface area contributed by atoms with Gasteiger partial charge >= 0.3 is 0 Å². The first-order valence-electron chi connectivity index (χ1n) is 7.09. The Balaban J connectivity index is 1.85. The average Bonchev–Trinajstić information content (AvgIpc) is 2.74. The number of rotatable bonds is 2. The molecule has 1 aromatic heterocycles. The van der Waals surface area contributed by atoms with Crippen molar-refractivity contribution < 1.29 is 9.15 Å². The quantitative estimate of drug-likeness (QED) is 0.902. The molecule has 0 saturated carbocycles. The zero-order chi connectivity index (χ0) is 14.5. The number of aryl methyl sites for hydroxylation is 1. The maximum atomic E-state index is 6.12. The van der Waals surface area contributed by atoms with Crippen LogP contribution < -0.4 is 5.32 Å². The summed E-state index contributed by atoms with van der Waals surface area (Å²) in [7, 11) is 0. The van der Waals surface area contributed by atoms with Crippen molar-refractivity contribution in [1.82, 2.24) is 4.98 Å². The van der Waals surface area contributed by atoms with Gasteiger partial charge in [0.2, 0.25) is 0 Å². The van der Waals surface area contributed by atoms with Crippen LogP contribution in [0.5, 0.6) is 0 Å². The molecule has 20 heavy (non-hydrogen) atoms. The van der Waals surface area contributed by atoms with Crippen LogP contribution in [0.15, 0.2) is 22.6 Å². The second-order valence-electron chi connectivity index (χ2n) is 6.78. The number of oxazole rings is 1. The van der Waals surface area contributed by atoms with Crippen LogP contribution in [0.25, 0.3) is 11.1 Å². The SMILES string of the molecule is Cc1nc2cc(NC3CC(C)(C)OC3(C)C)ccc2o1. The molecule has 1 aliphatic heterocycles. The van der Waals surface area contributed by atoms with Crippen molar-refractivity contribution in [2.24, 2.45) is 0 Å². The number of nitrogens with one attached hydrogen (secondary N) is 1. The molecule has 1 atom stereocenters. The summed E-state index contributed by atoms with van der Waals surface area (Å²) in [5, 5.41) is 3.58. The average molecular weight is 274 g/mol. The fourth-order valence-electron chi connectivity index (χ4n) is 3.12. The van der Waals surface area contributed by atoms with E-state index in [-0.39, 0.29) is 17.2 Å². The predicted molar refractivity (Wildman–Crippen MR) is 80.0 cm³/mol. The minimum Gasteiger partial charge on any atom is -0.441 e. The Labute approximate surface area is 119 Å². The lowest BCUT2D eigenvalue weighted by atomic mass is 9.94. The number of benzene rings is 1. The van der Waals surface area contributed by atoms with Gasteiger partial charge in [0.15, 0.2) is 11.5 Å². The van der Waals surface area contributed by atoms with Crippen LogP contribution in [0, 0.1) is 6.92 Å². The Hall–Kier alpha value is -1.55. The first-order valence-corrected chi connectivity index (χ1v) is 7.09. The van der Waals surface area contributed by atoms with Crippen molar-refractivity contribution in [3.8, 4) is 0 Å². The van der Waals surface area contributed by atoms with E-state index in [0.717, 1.165) is 23.2 Å². The third-order valence-electron chi connectivity index (χ3n) is 3.91. The van der Waals surface area contributed by atoms with E-state index in [0.29, 0.717) is 5.89 Å². The summed E-state index contributed by atoms with van der Waals surface area (Å²) >= 11 is 0. The van der Waals surface area contributed by atoms with Gasteiger partial charge in [0.05, 0.1) is 17.2 Å². The van der Waals surface area contributed by atoms with Crippen molar-refractivity contribution in [2.75, 3.05) is 5.32 Å². The third kappa shape index (κ3) is 2.40. The standard InChI is InChI=1S/C16H22N2O2/c1-10-17-12-8-11(6-7-13(12)19-10)18-14-9-15(2,3)20-16(14,4)5/h6-8,14,18H,9H2,1-5H3. The second kappa shape index (κ2) is 4.22. The Morgan fingerprint density at radius 2 is 2.00 bits per heavy atom. The van der Waals surface area contributed by atoms with Gasteiger partial charge in [-0.15, -0.1) is 0 Å². The fourth-order valence-corrected chi connectivity index (χ4v) is 3.12. The van der Waals surface area contributed by atoms with Gasteiger partial charge in [-0.2, -0.15) is 0 Å². The van der Waals surface area contributed by atoms with Crippen molar-refractivity contribution in [2.45, 2.75) is 58.3 Å². The van der Waals surface area contributed by atoms with Crippen LogP contribution in [0.3, 0.4) is 0 Å². The van der Waals surface area contributed by atoms with Gasteiger partial charge in [0, 0.05) is 12.6 Å². The molecule has 0 bridgehead atoms. The highest BCUT2D eigenvalue weighted by atomic mass is 16.5. The van der Waals surface area contributed by atoms with E-state index in [2.05, 4.69) is 38.0 Å². The molecule has 2 heterocycles. The fraction of sp³-hybridized carbons (Fsp3) is 0.562. The second-order valence-corrected chi connectivity index (χ2v) is 6.78. The monoisotopic (exact) mass is 274 g/mol. The largest absolute Gasteiger partial charge is 0.441 e. The molecule has 1 unspecified atom stereocenters. The summed E-state index contributed by atoms with van der Waals surface area (Å²) in [6, 6.07) is 6.32. The van der Waals surface area contributed by atoms with Gasteiger partial charge in [-0.1, -0.05) is 0 Å². The van der Waals surface area contributed by atoms with Gasteiger partial charge < -0.3 is 14.5 Å². The van der Waals surface area contributed by atoms with E-state index >= 15 is 0 Å². The molecule has 1 N–H and O–H groups in total. The lowest BCUT2D eigenvalue weighted by Crippen LogP contribution is -2.38. The molecular formula is C16H22N2O2. The number of aromatic nitrogens is 1. The van der Waals surface area contributed by atoms with Crippen molar-refractivity contribution in [1.29, 1.82) is 0 Å². The minimum absolute atomic E-state index is 0.0876. The molecule has 1 fully saturated rings. The molecule has 1 aliphatic rings. The van der Waals surface area contributed by atoms with Gasteiger partial charge in [-0.3, -0.25) is 0 Å². The highest BCUT2D eigenvalue weighted by Gasteiger charge is 2.45. The van der Waals surface area contributed by atoms with Gasteiger partial charge in [-0.05, 0) is 52.3 Å². The molecule has 108 valence electrons. The van der Waals surface area contributed by atoms with E-state index in [4.69, 9.17) is 9.15 Å². The first kappa shape index (κ1) is 13.4. The van der Waals surface area contributed by atoms with Gasteiger partial charge in [0.1, 0.15) is 5.52 Å². The van der Waals surface area contributed by atoms with Crippen molar-refractivity contribution in [3.05, 3.63) is 24.1 Å². The van der Waals surface area contributed by atoms with Crippen LogP contribution in [-0.4, -0.2) is 22.2 Å². The van der Waals surface area contributed by atoms with E-state index in [1.807, 2.05) is 25.1 Å². The van der Waals surface area contributed by atoms with Crippen LogP contribution in [-0.2, 0) is 4.74 Å². The van der Waals surface area contributed by atoms with E-state index in [1.165, 1.54) is 0 Å². The molecule has 0 amide bonds. The predicted octanol–water partition coefficient (Wildman–Crippen LogP) is 3.89. The van der Waals surface area contributed by atoms with Crippen molar-refractivity contribution >= 4 is 16.8 Å². The molecule has 2 aromatic rings. The summed E-state index contributed by atoms with van der Waals surface area (Å²) in [6.07, 6.45) is 0.982. The van der Waals surface area contributed by atoms with E-state index in [1.54, 1.807) is 0 Å². The first-order chi connectivity index (χ1) is 9.25. The highest BCUT2D eigenvalue weighted by Crippen LogP contribution is 2.39. The number of anilines is 1. The van der Waals surface area contributed by atoms with E-state index in [9.17, 15) is 0 Å². The summed E-state index contributed by atoms with van der Waals surface area (Å²) in [5.74, 6) is 0.697. The Bertz CT molecular complexity index is 643. The topological polar surface area (TPSA) is 47.3 Å². The number of hydrogen-bond donors (Lipinski definition) is 1. The molecule has 0 radical (unpaired) electrons. The lowest BCUT2D eigenvalue weighted by molar-refractivity contribution is -0.0662. The summed E-state index contributed by atoms with van der Waals surface area (Å²) in [5.41, 5.74) is 2.51. The summed E-state index contributed by atoms with van der Waals surface area (Å²) in [6.45, 7) is 10.4. The maximum Gasteiger partial charge on any atom is 0.192 e. The zero-order valence-corrected chi connectivity index (χ0v) is 12.8. The Kier molecular flexibility index (Phi) is 2.83. The summed E-state index contributed by atoms with van der Waals surface area (Å²) in [4.78, 5) is 4.38. The lowest BCUT2D eigenvalue weighted by Gasteiger charge is -2.28. The zero-order valence-electron chi connectivity index (χ0n) is 12.8. The smallest absolute Gasteiger partial charge is 0.192 e. The minimum atomic E-state index is -0.182. The number of nitrogens with zero attached hydrogens (tertiary/aromatic N) is 1. The molecule has 0 aliphatic carbocycles. The number of fused-ring (bicyclic) bond motifs is 1. The van der Waals surface area contributed by atoms with Crippen molar-refractivity contribution in [3.63, 3.8) is 0 Å². The molecule has 1 saturated heterocycles. The molecular weight excluding hydrogens is 252 g/mol. The van der Waals surface area contributed by atoms with Crippen LogP contribution in [0.2, 0.25) is 0 Å². The Morgan fingerprint density at radius 1 is 1.25 bits per heavy atom. The van der Waals surface area contributed by atoms with Gasteiger partial charge in [-0.25, -0.2) is 4.98 Å². The van der Waals surface area contributed by atoms with Crippen LogP contribution in [0.1, 0.15) is 40.0 Å². The normalized spacial score (nSPS) is 24.1.